The number of hydrazine groups is 1. The van der Waals surface area contributed by atoms with E-state index in [1.165, 1.54) is 10.8 Å². The fourth-order valence-electron chi connectivity index (χ4n) is 2.29. The molecule has 0 atom stereocenters. The maximum Gasteiger partial charge on any atom is 0.334 e. The average molecular weight is 398 g/mol. The van der Waals surface area contributed by atoms with E-state index in [0.29, 0.717) is 17.1 Å². The zero-order valence-corrected chi connectivity index (χ0v) is 16.1. The predicted octanol–water partition coefficient (Wildman–Crippen LogP) is -0.587. The smallest absolute Gasteiger partial charge is 0.334 e. The molecule has 0 aromatic carbocycles. The lowest BCUT2D eigenvalue weighted by Gasteiger charge is -2.13. The van der Waals surface area contributed by atoms with Crippen molar-refractivity contribution in [3.05, 3.63) is 45.8 Å². The van der Waals surface area contributed by atoms with Crippen LogP contribution in [0.2, 0.25) is 0 Å². The number of pyridine rings is 1. The van der Waals surface area contributed by atoms with E-state index in [2.05, 4.69) is 37.4 Å². The lowest BCUT2D eigenvalue weighted by molar-refractivity contribution is -0.121. The van der Waals surface area contributed by atoms with E-state index < -0.39 is 17.5 Å². The first-order valence-electron chi connectivity index (χ1n) is 8.60. The molecule has 6 N–H and O–H groups in total. The highest BCUT2D eigenvalue weighted by Gasteiger charge is 2.13. The number of nitrogen functional groups attached to an aromatic ring is 1. The zero-order valence-electron chi connectivity index (χ0n) is 16.1. The molecule has 152 valence electrons. The third-order valence-electron chi connectivity index (χ3n) is 3.80. The minimum Gasteiger partial charge on any atom is -0.397 e. The van der Waals surface area contributed by atoms with Crippen LogP contribution in [0.1, 0.15) is 17.1 Å². The van der Waals surface area contributed by atoms with Gasteiger partial charge in [-0.05, 0) is 26.0 Å². The zero-order chi connectivity index (χ0) is 21.4. The number of nitrogens with two attached hydrogens (primary N) is 1. The molecule has 29 heavy (non-hydrogen) atoms. The van der Waals surface area contributed by atoms with Crippen molar-refractivity contribution < 1.29 is 9.59 Å². The molecule has 2 aromatic heterocycles. The van der Waals surface area contributed by atoms with Gasteiger partial charge in [-0.15, -0.1) is 6.42 Å². The number of aromatic nitrogens is 3. The van der Waals surface area contributed by atoms with Gasteiger partial charge in [-0.1, -0.05) is 5.92 Å². The van der Waals surface area contributed by atoms with E-state index in [-0.39, 0.29) is 25.5 Å². The highest BCUT2D eigenvalue weighted by molar-refractivity contribution is 5.76. The fraction of sp³-hybridized carbons (Fsp3) is 0.278. The Labute approximate surface area is 167 Å². The van der Waals surface area contributed by atoms with Crippen molar-refractivity contribution in [2.24, 2.45) is 0 Å². The summed E-state index contributed by atoms with van der Waals surface area (Å²) in [5.74, 6) is 1.68. The van der Waals surface area contributed by atoms with E-state index in [1.54, 1.807) is 19.1 Å². The van der Waals surface area contributed by atoms with Crippen molar-refractivity contribution >= 4 is 23.4 Å². The van der Waals surface area contributed by atoms with Crippen LogP contribution in [-0.2, 0) is 17.9 Å². The highest BCUT2D eigenvalue weighted by Crippen LogP contribution is 2.09. The van der Waals surface area contributed by atoms with Crippen LogP contribution in [0.4, 0.5) is 16.3 Å². The number of hydrogen-bond acceptors (Lipinski definition) is 7. The lowest BCUT2D eigenvalue weighted by Crippen LogP contribution is -2.42. The summed E-state index contributed by atoms with van der Waals surface area (Å²) in [6, 6.07) is 2.86. The second-order valence-corrected chi connectivity index (χ2v) is 6.04. The topological polar surface area (TPSA) is 156 Å². The molecule has 0 saturated carbocycles. The summed E-state index contributed by atoms with van der Waals surface area (Å²) in [6.45, 7) is 3.38. The molecule has 0 bridgehead atoms. The molecule has 0 aliphatic rings. The highest BCUT2D eigenvalue weighted by atomic mass is 16.2. The third kappa shape index (κ3) is 5.96. The quantitative estimate of drug-likeness (QED) is 0.308. The summed E-state index contributed by atoms with van der Waals surface area (Å²) >= 11 is 0. The van der Waals surface area contributed by atoms with Crippen LogP contribution in [0.15, 0.2) is 23.1 Å². The van der Waals surface area contributed by atoms with Gasteiger partial charge < -0.3 is 16.4 Å². The van der Waals surface area contributed by atoms with Crippen molar-refractivity contribution in [2.75, 3.05) is 17.7 Å². The second kappa shape index (κ2) is 9.75. The molecule has 0 unspecified atom stereocenters. The van der Waals surface area contributed by atoms with Gasteiger partial charge in [0.2, 0.25) is 11.7 Å². The Kier molecular flexibility index (Phi) is 7.14. The maximum atomic E-state index is 12.5. The van der Waals surface area contributed by atoms with Crippen molar-refractivity contribution in [3.63, 3.8) is 0 Å². The minimum absolute atomic E-state index is 0.0273. The molecule has 2 rings (SSSR count). The Balaban J connectivity index is 2.03. The standard InChI is InChI=1S/C18H22N8O3/c1-4-7-20-18(29)25-24-16-17(28)26(12(3)8-22-16)10-15(27)21-9-14-13(19)6-5-11(2)23-14/h1,5-6,8H,7,9-10,19H2,2-3H3,(H,21,27)(H,22,24)(H2,20,25,29). The Morgan fingerprint density at radius 2 is 2.03 bits per heavy atom. The monoisotopic (exact) mass is 398 g/mol. The molecular weight excluding hydrogens is 376 g/mol. The molecule has 0 aliphatic heterocycles. The van der Waals surface area contributed by atoms with Crippen LogP contribution < -0.4 is 32.8 Å². The molecular formula is C18H22N8O3. The molecule has 11 nitrogen and oxygen atoms in total. The average Bonchev–Trinajstić information content (AvgIpc) is 2.69. The number of aryl methyl sites for hydroxylation is 2. The molecule has 3 amide bonds. The second-order valence-electron chi connectivity index (χ2n) is 6.04. The summed E-state index contributed by atoms with van der Waals surface area (Å²) in [7, 11) is 0. The van der Waals surface area contributed by atoms with Gasteiger partial charge in [0, 0.05) is 17.6 Å². The first-order chi connectivity index (χ1) is 13.8. The number of hydrogen-bond donors (Lipinski definition) is 5. The molecule has 0 saturated heterocycles. The number of nitrogens with zero attached hydrogens (tertiary/aromatic N) is 3. The van der Waals surface area contributed by atoms with E-state index in [4.69, 9.17) is 12.2 Å². The number of carbonyl (C=O) groups excluding carboxylic acids is 2. The van der Waals surface area contributed by atoms with Crippen LogP contribution in [-0.4, -0.2) is 33.0 Å². The summed E-state index contributed by atoms with van der Waals surface area (Å²) in [4.78, 5) is 44.5. The number of anilines is 2. The lowest BCUT2D eigenvalue weighted by atomic mass is 10.2. The molecule has 0 fully saturated rings. The van der Waals surface area contributed by atoms with Crippen molar-refractivity contribution in [2.45, 2.75) is 26.9 Å². The van der Waals surface area contributed by atoms with Crippen LogP contribution in [0.5, 0.6) is 0 Å². The summed E-state index contributed by atoms with van der Waals surface area (Å²) < 4.78 is 1.22. The van der Waals surface area contributed by atoms with E-state index in [1.807, 2.05) is 6.92 Å². The molecule has 2 heterocycles. The summed E-state index contributed by atoms with van der Waals surface area (Å²) in [6.07, 6.45) is 6.44. The molecule has 0 aliphatic carbocycles. The SMILES string of the molecule is C#CCNC(=O)NNc1ncc(C)n(CC(=O)NCc2nc(C)ccc2N)c1=O. The number of terminal acetylenes is 1. The van der Waals surface area contributed by atoms with Gasteiger partial charge in [0.25, 0.3) is 5.56 Å². The van der Waals surface area contributed by atoms with Gasteiger partial charge in [0.05, 0.1) is 24.5 Å². The predicted molar refractivity (Wildman–Crippen MR) is 107 cm³/mol. The number of rotatable bonds is 7. The Morgan fingerprint density at radius 1 is 1.28 bits per heavy atom. The van der Waals surface area contributed by atoms with Gasteiger partial charge in [0.15, 0.2) is 0 Å². The summed E-state index contributed by atoms with van der Waals surface area (Å²) in [5.41, 5.74) is 12.2. The van der Waals surface area contributed by atoms with Gasteiger partial charge in [-0.2, -0.15) is 0 Å². The van der Waals surface area contributed by atoms with Crippen LogP contribution in [0, 0.1) is 26.2 Å². The summed E-state index contributed by atoms with van der Waals surface area (Å²) in [5, 5.41) is 5.04. The van der Waals surface area contributed by atoms with Crippen molar-refractivity contribution in [1.82, 2.24) is 30.6 Å². The van der Waals surface area contributed by atoms with E-state index >= 15 is 0 Å². The van der Waals surface area contributed by atoms with Gasteiger partial charge in [-0.25, -0.2) is 9.78 Å². The third-order valence-corrected chi connectivity index (χ3v) is 3.80. The van der Waals surface area contributed by atoms with Gasteiger partial charge >= 0.3 is 6.03 Å². The van der Waals surface area contributed by atoms with Crippen molar-refractivity contribution in [1.29, 1.82) is 0 Å². The molecule has 11 heteroatoms. The minimum atomic E-state index is -0.628. The fourth-order valence-corrected chi connectivity index (χ4v) is 2.29. The number of urea groups is 1. The van der Waals surface area contributed by atoms with Crippen molar-refractivity contribution in [3.8, 4) is 12.3 Å². The van der Waals surface area contributed by atoms with Gasteiger partial charge in [-0.3, -0.25) is 30.0 Å². The number of nitrogens with one attached hydrogen (secondary N) is 4. The largest absolute Gasteiger partial charge is 0.397 e. The Morgan fingerprint density at radius 3 is 2.76 bits per heavy atom. The molecule has 0 spiro atoms. The number of carbonyl (C=O) groups is 2. The number of amides is 3. The normalized spacial score (nSPS) is 9.97. The van der Waals surface area contributed by atoms with Crippen LogP contribution in [0.3, 0.4) is 0 Å². The first kappa shape index (κ1) is 21.2. The Bertz CT molecular complexity index is 1010. The first-order valence-corrected chi connectivity index (χ1v) is 8.60. The van der Waals surface area contributed by atoms with Crippen LogP contribution in [0.25, 0.3) is 0 Å². The molecule has 0 radical (unpaired) electrons. The van der Waals surface area contributed by atoms with E-state index in [0.717, 1.165) is 5.69 Å². The van der Waals surface area contributed by atoms with Gasteiger partial charge in [0.1, 0.15) is 6.54 Å². The molecule has 2 aromatic rings. The van der Waals surface area contributed by atoms with Crippen LogP contribution >= 0.6 is 0 Å². The maximum absolute atomic E-state index is 12.5. The Hall–Kier alpha value is -4.07. The van der Waals surface area contributed by atoms with E-state index in [9.17, 15) is 14.4 Å².